The number of aromatic nitrogens is 2. The summed E-state index contributed by atoms with van der Waals surface area (Å²) in [6, 6.07) is 6.09. The molecule has 4 nitrogen and oxygen atoms in total. The fourth-order valence-corrected chi connectivity index (χ4v) is 2.88. The van der Waals surface area contributed by atoms with E-state index in [0.717, 1.165) is 30.2 Å². The molecule has 1 fully saturated rings. The van der Waals surface area contributed by atoms with Gasteiger partial charge in [-0.15, -0.1) is 0 Å². The lowest BCUT2D eigenvalue weighted by atomic mass is 10.3. The molecule has 0 radical (unpaired) electrons. The summed E-state index contributed by atoms with van der Waals surface area (Å²) in [4.78, 5) is 7.16. The maximum Gasteiger partial charge on any atom is 0.121 e. The third-order valence-electron chi connectivity index (χ3n) is 3.98. The Morgan fingerprint density at radius 3 is 2.74 bits per heavy atom. The van der Waals surface area contributed by atoms with Crippen molar-refractivity contribution >= 4 is 11.0 Å². The number of fused-ring (bicyclic) bond motifs is 1. The molecule has 1 aliphatic heterocycles. The first-order valence-corrected chi connectivity index (χ1v) is 7.01. The predicted octanol–water partition coefficient (Wildman–Crippen LogP) is 2.45. The van der Waals surface area contributed by atoms with Crippen LogP contribution in [0.1, 0.15) is 18.7 Å². The van der Waals surface area contributed by atoms with Gasteiger partial charge >= 0.3 is 0 Å². The monoisotopic (exact) mass is 259 g/mol. The van der Waals surface area contributed by atoms with E-state index in [4.69, 9.17) is 4.74 Å². The minimum atomic E-state index is 0.898. The number of benzene rings is 1. The number of aryl methyl sites for hydroxylation is 1. The number of imidazole rings is 1. The molecule has 0 aliphatic carbocycles. The van der Waals surface area contributed by atoms with E-state index in [0.29, 0.717) is 0 Å². The summed E-state index contributed by atoms with van der Waals surface area (Å²) in [6.07, 6.45) is 2.69. The van der Waals surface area contributed by atoms with Crippen LogP contribution in [0, 0.1) is 6.92 Å². The fourth-order valence-electron chi connectivity index (χ4n) is 2.88. The number of nitrogens with zero attached hydrogens (tertiary/aromatic N) is 3. The van der Waals surface area contributed by atoms with Crippen molar-refractivity contribution in [3.8, 4) is 5.75 Å². The third-order valence-corrected chi connectivity index (χ3v) is 3.98. The van der Waals surface area contributed by atoms with Gasteiger partial charge in [0.25, 0.3) is 0 Å². The first kappa shape index (κ1) is 12.5. The number of hydrogen-bond donors (Lipinski definition) is 0. The van der Waals surface area contributed by atoms with E-state index >= 15 is 0 Å². The number of likely N-dealkylation sites (tertiary alicyclic amines) is 1. The van der Waals surface area contributed by atoms with Crippen LogP contribution in [-0.4, -0.2) is 41.2 Å². The Balaban J connectivity index is 1.85. The SMILES string of the molecule is COc1ccc2nc(C)n(CCN3CCCC3)c2c1. The lowest BCUT2D eigenvalue weighted by molar-refractivity contribution is 0.323. The Bertz CT molecular complexity index is 570. The first-order chi connectivity index (χ1) is 9.28. The normalized spacial score (nSPS) is 16.3. The summed E-state index contributed by atoms with van der Waals surface area (Å²) in [5.74, 6) is 1.98. The average molecular weight is 259 g/mol. The van der Waals surface area contributed by atoms with Crippen LogP contribution < -0.4 is 4.74 Å². The maximum atomic E-state index is 5.31. The number of hydrogen-bond acceptors (Lipinski definition) is 3. The van der Waals surface area contributed by atoms with Gasteiger partial charge in [0.05, 0.1) is 18.1 Å². The summed E-state index contributed by atoms with van der Waals surface area (Å²) in [7, 11) is 1.71. The Labute approximate surface area is 114 Å². The highest BCUT2D eigenvalue weighted by molar-refractivity contribution is 5.77. The quantitative estimate of drug-likeness (QED) is 0.845. The van der Waals surface area contributed by atoms with Crippen molar-refractivity contribution in [1.29, 1.82) is 0 Å². The van der Waals surface area contributed by atoms with E-state index in [9.17, 15) is 0 Å². The van der Waals surface area contributed by atoms with Gasteiger partial charge < -0.3 is 14.2 Å². The van der Waals surface area contributed by atoms with Gasteiger partial charge in [0, 0.05) is 19.2 Å². The zero-order valence-corrected chi connectivity index (χ0v) is 11.7. The van der Waals surface area contributed by atoms with Crippen LogP contribution in [0.3, 0.4) is 0 Å². The Hall–Kier alpha value is -1.55. The lowest BCUT2D eigenvalue weighted by Gasteiger charge is -2.16. The zero-order chi connectivity index (χ0) is 13.2. The van der Waals surface area contributed by atoms with E-state index in [1.807, 2.05) is 12.1 Å². The minimum absolute atomic E-state index is 0.898. The summed E-state index contributed by atoms with van der Waals surface area (Å²) in [5, 5.41) is 0. The summed E-state index contributed by atoms with van der Waals surface area (Å²) >= 11 is 0. The fraction of sp³-hybridized carbons (Fsp3) is 0.533. The lowest BCUT2D eigenvalue weighted by Crippen LogP contribution is -2.24. The van der Waals surface area contributed by atoms with Crippen LogP contribution in [0.15, 0.2) is 18.2 Å². The smallest absolute Gasteiger partial charge is 0.121 e. The zero-order valence-electron chi connectivity index (χ0n) is 11.7. The number of rotatable bonds is 4. The van der Waals surface area contributed by atoms with Crippen molar-refractivity contribution in [2.45, 2.75) is 26.3 Å². The molecular formula is C15H21N3O. The van der Waals surface area contributed by atoms with Gasteiger partial charge in [-0.1, -0.05) is 0 Å². The second-order valence-corrected chi connectivity index (χ2v) is 5.21. The van der Waals surface area contributed by atoms with Crippen molar-refractivity contribution in [3.05, 3.63) is 24.0 Å². The molecule has 0 saturated carbocycles. The summed E-state index contributed by atoms with van der Waals surface area (Å²) in [6.45, 7) is 6.69. The first-order valence-electron chi connectivity index (χ1n) is 7.01. The molecule has 0 atom stereocenters. The Morgan fingerprint density at radius 1 is 1.21 bits per heavy atom. The molecule has 3 rings (SSSR count). The van der Waals surface area contributed by atoms with Crippen LogP contribution in [0.5, 0.6) is 5.75 Å². The van der Waals surface area contributed by atoms with Crippen molar-refractivity contribution in [1.82, 2.24) is 14.5 Å². The van der Waals surface area contributed by atoms with Gasteiger partial charge in [0.15, 0.2) is 0 Å². The van der Waals surface area contributed by atoms with Crippen LogP contribution in [0.2, 0.25) is 0 Å². The van der Waals surface area contributed by atoms with E-state index < -0.39 is 0 Å². The van der Waals surface area contributed by atoms with Gasteiger partial charge in [0.2, 0.25) is 0 Å². The van der Waals surface area contributed by atoms with Gasteiger partial charge in [0.1, 0.15) is 11.6 Å². The van der Waals surface area contributed by atoms with Crippen LogP contribution in [0.25, 0.3) is 11.0 Å². The van der Waals surface area contributed by atoms with E-state index in [-0.39, 0.29) is 0 Å². The standard InChI is InChI=1S/C15H21N3O/c1-12-16-14-6-5-13(19-2)11-15(14)18(12)10-9-17-7-3-4-8-17/h5-6,11H,3-4,7-10H2,1-2H3. The maximum absolute atomic E-state index is 5.31. The van der Waals surface area contributed by atoms with Gasteiger partial charge in [-0.3, -0.25) is 0 Å². The summed E-state index contributed by atoms with van der Waals surface area (Å²) in [5.41, 5.74) is 2.23. The molecule has 2 aromatic rings. The van der Waals surface area contributed by atoms with Gasteiger partial charge in [-0.25, -0.2) is 4.98 Å². The molecule has 1 aliphatic rings. The van der Waals surface area contributed by atoms with E-state index in [1.54, 1.807) is 7.11 Å². The average Bonchev–Trinajstić information content (AvgIpc) is 3.03. The Kier molecular flexibility index (Phi) is 3.42. The number of ether oxygens (including phenoxy) is 1. The molecule has 19 heavy (non-hydrogen) atoms. The molecule has 2 heterocycles. The molecule has 4 heteroatoms. The van der Waals surface area contributed by atoms with Crippen molar-refractivity contribution in [2.24, 2.45) is 0 Å². The second-order valence-electron chi connectivity index (χ2n) is 5.21. The van der Waals surface area contributed by atoms with Gasteiger partial charge in [-0.05, 0) is 45.0 Å². The summed E-state index contributed by atoms with van der Waals surface area (Å²) < 4.78 is 7.61. The molecule has 0 N–H and O–H groups in total. The molecule has 1 saturated heterocycles. The minimum Gasteiger partial charge on any atom is -0.497 e. The predicted molar refractivity (Wildman–Crippen MR) is 76.7 cm³/mol. The highest BCUT2D eigenvalue weighted by Gasteiger charge is 2.13. The van der Waals surface area contributed by atoms with E-state index in [2.05, 4.69) is 27.4 Å². The number of methoxy groups -OCH3 is 1. The highest BCUT2D eigenvalue weighted by atomic mass is 16.5. The van der Waals surface area contributed by atoms with Crippen molar-refractivity contribution in [2.75, 3.05) is 26.7 Å². The molecular weight excluding hydrogens is 238 g/mol. The van der Waals surface area contributed by atoms with Crippen LogP contribution in [-0.2, 0) is 6.54 Å². The molecule has 102 valence electrons. The molecule has 0 unspecified atom stereocenters. The Morgan fingerprint density at radius 2 is 2.00 bits per heavy atom. The molecule has 1 aromatic carbocycles. The molecule has 1 aromatic heterocycles. The van der Waals surface area contributed by atoms with Crippen LogP contribution in [0.4, 0.5) is 0 Å². The van der Waals surface area contributed by atoms with E-state index in [1.165, 1.54) is 31.4 Å². The molecule has 0 amide bonds. The molecule has 0 bridgehead atoms. The largest absolute Gasteiger partial charge is 0.497 e. The molecule has 0 spiro atoms. The highest BCUT2D eigenvalue weighted by Crippen LogP contribution is 2.22. The van der Waals surface area contributed by atoms with Crippen molar-refractivity contribution < 1.29 is 4.74 Å². The van der Waals surface area contributed by atoms with Crippen LogP contribution >= 0.6 is 0 Å². The topological polar surface area (TPSA) is 30.3 Å². The third kappa shape index (κ3) is 2.45. The van der Waals surface area contributed by atoms with Gasteiger partial charge in [-0.2, -0.15) is 0 Å². The second kappa shape index (κ2) is 5.21. The van der Waals surface area contributed by atoms with Crippen molar-refractivity contribution in [3.63, 3.8) is 0 Å².